The molecule has 1 aliphatic heterocycles. The molecule has 1 saturated heterocycles. The zero-order valence-corrected chi connectivity index (χ0v) is 20.1. The Morgan fingerprint density at radius 2 is 1.69 bits per heavy atom. The van der Waals surface area contributed by atoms with Gasteiger partial charge in [0.15, 0.2) is 5.13 Å². The number of hydrogen-bond donors (Lipinski definition) is 1. The molecule has 1 aliphatic rings. The van der Waals surface area contributed by atoms with Crippen LogP contribution in [0.1, 0.15) is 22.7 Å². The molecule has 2 heterocycles. The van der Waals surface area contributed by atoms with E-state index in [1.807, 2.05) is 25.1 Å². The Balaban J connectivity index is 1.72. The van der Waals surface area contributed by atoms with Gasteiger partial charge in [0.05, 0.1) is 36.1 Å². The number of ketones is 1. The molecule has 0 aliphatic carbocycles. The lowest BCUT2D eigenvalue weighted by molar-refractivity contribution is -0.132. The minimum Gasteiger partial charge on any atom is -0.507 e. The predicted octanol–water partition coefficient (Wildman–Crippen LogP) is 5.25. The van der Waals surface area contributed by atoms with Crippen LogP contribution in [0.3, 0.4) is 0 Å². The molecule has 35 heavy (non-hydrogen) atoms. The van der Waals surface area contributed by atoms with E-state index in [1.165, 1.54) is 16.2 Å². The van der Waals surface area contributed by atoms with Crippen molar-refractivity contribution in [3.8, 4) is 11.5 Å². The molecule has 0 unspecified atom stereocenters. The zero-order valence-electron chi connectivity index (χ0n) is 19.3. The second kappa shape index (κ2) is 8.88. The molecule has 8 heteroatoms. The fraction of sp³-hybridized carbons (Fsp3) is 0.148. The second-order valence-electron chi connectivity index (χ2n) is 8.14. The molecule has 1 fully saturated rings. The summed E-state index contributed by atoms with van der Waals surface area (Å²) in [5.41, 5.74) is 2.76. The Kier molecular flexibility index (Phi) is 5.74. The zero-order chi connectivity index (χ0) is 24.7. The SMILES string of the molecule is COc1cccc([C@@H]2/C(=C(\O)c3ccc(C)cc3)C(=O)C(=O)N2c2nc3ccc(OC)cc3s2)c1. The summed E-state index contributed by atoms with van der Waals surface area (Å²) in [5.74, 6) is -0.525. The molecule has 0 saturated carbocycles. The van der Waals surface area contributed by atoms with Crippen LogP contribution in [0.25, 0.3) is 16.0 Å². The molecule has 5 rings (SSSR count). The number of hydrogen-bond acceptors (Lipinski definition) is 7. The molecular formula is C27H22N2O5S. The van der Waals surface area contributed by atoms with Crippen LogP contribution in [-0.4, -0.2) is 36.0 Å². The molecule has 1 amide bonds. The Morgan fingerprint density at radius 1 is 0.971 bits per heavy atom. The van der Waals surface area contributed by atoms with E-state index in [2.05, 4.69) is 4.98 Å². The number of benzene rings is 3. The first kappa shape index (κ1) is 22.6. The molecule has 0 spiro atoms. The van der Waals surface area contributed by atoms with Crippen molar-refractivity contribution in [3.63, 3.8) is 0 Å². The summed E-state index contributed by atoms with van der Waals surface area (Å²) in [5, 5.41) is 11.6. The van der Waals surface area contributed by atoms with Crippen LogP contribution in [0.2, 0.25) is 0 Å². The fourth-order valence-electron chi connectivity index (χ4n) is 4.15. The molecule has 1 aromatic heterocycles. The van der Waals surface area contributed by atoms with Crippen LogP contribution in [-0.2, 0) is 9.59 Å². The van der Waals surface area contributed by atoms with Crippen molar-refractivity contribution in [1.82, 2.24) is 4.98 Å². The summed E-state index contributed by atoms with van der Waals surface area (Å²) in [6.07, 6.45) is 0. The van der Waals surface area contributed by atoms with E-state index in [1.54, 1.807) is 62.8 Å². The van der Waals surface area contributed by atoms with Gasteiger partial charge in [-0.15, -0.1) is 0 Å². The first-order valence-electron chi connectivity index (χ1n) is 10.9. The number of anilines is 1. The molecule has 4 aromatic rings. The van der Waals surface area contributed by atoms with Gasteiger partial charge in [-0.3, -0.25) is 14.5 Å². The average Bonchev–Trinajstić information content (AvgIpc) is 3.41. The van der Waals surface area contributed by atoms with Gasteiger partial charge < -0.3 is 14.6 Å². The topological polar surface area (TPSA) is 89.0 Å². The maximum absolute atomic E-state index is 13.4. The number of carbonyl (C=O) groups is 2. The van der Waals surface area contributed by atoms with Crippen LogP contribution in [0.4, 0.5) is 5.13 Å². The number of aryl methyl sites for hydroxylation is 1. The van der Waals surface area contributed by atoms with E-state index in [-0.39, 0.29) is 11.3 Å². The summed E-state index contributed by atoms with van der Waals surface area (Å²) in [7, 11) is 3.12. The van der Waals surface area contributed by atoms with Gasteiger partial charge in [0.1, 0.15) is 17.3 Å². The standard InChI is InChI=1S/C27H22N2O5S/c1-15-7-9-16(10-8-15)24(30)22-23(17-5-4-6-18(13-17)33-2)29(26(32)25(22)31)27-28-20-12-11-19(34-3)14-21(20)35-27/h4-14,23,30H,1-3H3/b24-22+/t23-/m1/s1. The Morgan fingerprint density at radius 3 is 2.40 bits per heavy atom. The molecule has 3 aromatic carbocycles. The van der Waals surface area contributed by atoms with Gasteiger partial charge in [0.25, 0.3) is 5.78 Å². The highest BCUT2D eigenvalue weighted by Gasteiger charge is 2.48. The third-order valence-electron chi connectivity index (χ3n) is 5.97. The summed E-state index contributed by atoms with van der Waals surface area (Å²) >= 11 is 1.28. The fourth-order valence-corrected chi connectivity index (χ4v) is 5.17. The second-order valence-corrected chi connectivity index (χ2v) is 9.15. The lowest BCUT2D eigenvalue weighted by Crippen LogP contribution is -2.29. The van der Waals surface area contributed by atoms with Gasteiger partial charge in [0.2, 0.25) is 0 Å². The van der Waals surface area contributed by atoms with Gasteiger partial charge >= 0.3 is 5.91 Å². The maximum Gasteiger partial charge on any atom is 0.301 e. The number of fused-ring (bicyclic) bond motifs is 1. The lowest BCUT2D eigenvalue weighted by Gasteiger charge is -2.23. The number of aliphatic hydroxyl groups excluding tert-OH is 1. The first-order chi connectivity index (χ1) is 16.9. The maximum atomic E-state index is 13.4. The van der Waals surface area contributed by atoms with E-state index in [0.717, 1.165) is 10.3 Å². The number of carbonyl (C=O) groups excluding carboxylic acids is 2. The van der Waals surface area contributed by atoms with Crippen molar-refractivity contribution < 1.29 is 24.2 Å². The van der Waals surface area contributed by atoms with Crippen LogP contribution in [0, 0.1) is 6.92 Å². The monoisotopic (exact) mass is 486 g/mol. The number of aromatic nitrogens is 1. The third-order valence-corrected chi connectivity index (χ3v) is 6.99. The van der Waals surface area contributed by atoms with Crippen LogP contribution >= 0.6 is 11.3 Å². The summed E-state index contributed by atoms with van der Waals surface area (Å²) in [6, 6.07) is 18.8. The van der Waals surface area contributed by atoms with Gasteiger partial charge in [-0.1, -0.05) is 53.3 Å². The molecule has 176 valence electrons. The van der Waals surface area contributed by atoms with Crippen LogP contribution < -0.4 is 14.4 Å². The van der Waals surface area contributed by atoms with E-state index in [4.69, 9.17) is 9.47 Å². The number of nitrogens with zero attached hydrogens (tertiary/aromatic N) is 2. The molecule has 1 atom stereocenters. The van der Waals surface area contributed by atoms with E-state index in [9.17, 15) is 14.7 Å². The summed E-state index contributed by atoms with van der Waals surface area (Å²) in [4.78, 5) is 32.7. The Hall–Kier alpha value is -4.17. The van der Waals surface area contributed by atoms with Gasteiger partial charge in [-0.25, -0.2) is 4.98 Å². The lowest BCUT2D eigenvalue weighted by atomic mass is 9.95. The van der Waals surface area contributed by atoms with Crippen molar-refractivity contribution in [3.05, 3.63) is 89.0 Å². The van der Waals surface area contributed by atoms with Crippen molar-refractivity contribution in [1.29, 1.82) is 0 Å². The van der Waals surface area contributed by atoms with E-state index < -0.39 is 17.7 Å². The van der Waals surface area contributed by atoms with Crippen molar-refractivity contribution in [2.45, 2.75) is 13.0 Å². The van der Waals surface area contributed by atoms with Crippen molar-refractivity contribution in [2.24, 2.45) is 0 Å². The Bertz CT molecular complexity index is 1490. The third kappa shape index (κ3) is 3.91. The number of rotatable bonds is 5. The smallest absolute Gasteiger partial charge is 0.301 e. The van der Waals surface area contributed by atoms with E-state index in [0.29, 0.717) is 33.3 Å². The molecular weight excluding hydrogens is 464 g/mol. The number of amides is 1. The largest absolute Gasteiger partial charge is 0.507 e. The number of Topliss-reactive ketones (excluding diaryl/α,β-unsaturated/α-hetero) is 1. The molecule has 1 N–H and O–H groups in total. The predicted molar refractivity (Wildman–Crippen MR) is 135 cm³/mol. The molecule has 7 nitrogen and oxygen atoms in total. The number of thiazole rings is 1. The van der Waals surface area contributed by atoms with Crippen molar-refractivity contribution >= 4 is 44.1 Å². The minimum absolute atomic E-state index is 0.00365. The van der Waals surface area contributed by atoms with Crippen LogP contribution in [0.15, 0.2) is 72.3 Å². The Labute approximate surface area is 205 Å². The van der Waals surface area contributed by atoms with Crippen molar-refractivity contribution in [2.75, 3.05) is 19.1 Å². The number of methoxy groups -OCH3 is 2. The number of ether oxygens (including phenoxy) is 2. The highest BCUT2D eigenvalue weighted by molar-refractivity contribution is 7.22. The quantitative estimate of drug-likeness (QED) is 0.236. The summed E-state index contributed by atoms with van der Waals surface area (Å²) < 4.78 is 11.5. The van der Waals surface area contributed by atoms with Crippen LogP contribution in [0.5, 0.6) is 11.5 Å². The molecule has 0 radical (unpaired) electrons. The average molecular weight is 487 g/mol. The normalized spacial score (nSPS) is 17.2. The van der Waals surface area contributed by atoms with Gasteiger partial charge in [-0.2, -0.15) is 0 Å². The highest BCUT2D eigenvalue weighted by Crippen LogP contribution is 2.45. The molecule has 0 bridgehead atoms. The highest BCUT2D eigenvalue weighted by atomic mass is 32.1. The van der Waals surface area contributed by atoms with Gasteiger partial charge in [0, 0.05) is 5.56 Å². The minimum atomic E-state index is -0.881. The first-order valence-corrected chi connectivity index (χ1v) is 11.7. The van der Waals surface area contributed by atoms with Gasteiger partial charge in [-0.05, 0) is 42.8 Å². The van der Waals surface area contributed by atoms with E-state index >= 15 is 0 Å². The number of aliphatic hydroxyl groups is 1. The summed E-state index contributed by atoms with van der Waals surface area (Å²) in [6.45, 7) is 1.93.